The summed E-state index contributed by atoms with van der Waals surface area (Å²) >= 11 is 1.34. The highest BCUT2D eigenvalue weighted by molar-refractivity contribution is 8.18. The van der Waals surface area contributed by atoms with Crippen molar-refractivity contribution in [2.75, 3.05) is 20.3 Å². The van der Waals surface area contributed by atoms with Gasteiger partial charge in [0.1, 0.15) is 5.75 Å². The maximum Gasteiger partial charge on any atom is 0.266 e. The fourth-order valence-corrected chi connectivity index (χ4v) is 3.33. The summed E-state index contributed by atoms with van der Waals surface area (Å²) in [5, 5.41) is 10.0. The highest BCUT2D eigenvalue weighted by Crippen LogP contribution is 2.34. The number of hydrogen-bond donors (Lipinski definition) is 1. The molecule has 2 aromatic carbocycles. The summed E-state index contributed by atoms with van der Waals surface area (Å²) in [7, 11) is 1.61. The van der Waals surface area contributed by atoms with Crippen LogP contribution in [0.1, 0.15) is 5.56 Å². The summed E-state index contributed by atoms with van der Waals surface area (Å²) in [6.07, 6.45) is 1.81. The number of rotatable bonds is 5. The van der Waals surface area contributed by atoms with Crippen LogP contribution in [0.3, 0.4) is 0 Å². The maximum absolute atomic E-state index is 12.7. The Morgan fingerprint density at radius 1 is 1.16 bits per heavy atom. The summed E-state index contributed by atoms with van der Waals surface area (Å²) in [4.78, 5) is 19.6. The largest absolute Gasteiger partial charge is 0.508 e. The van der Waals surface area contributed by atoms with Crippen molar-refractivity contribution in [3.63, 3.8) is 0 Å². The van der Waals surface area contributed by atoms with Gasteiger partial charge in [0.05, 0.1) is 23.7 Å². The van der Waals surface area contributed by atoms with E-state index in [0.29, 0.717) is 23.2 Å². The molecule has 1 saturated heterocycles. The van der Waals surface area contributed by atoms with Crippen molar-refractivity contribution in [3.8, 4) is 5.75 Å². The third kappa shape index (κ3) is 4.29. The lowest BCUT2D eigenvalue weighted by atomic mass is 10.2. The number of phenolic OH excluding ortho intramolecular Hbond substituents is 1. The minimum absolute atomic E-state index is 0.0928. The molecule has 2 aromatic rings. The summed E-state index contributed by atoms with van der Waals surface area (Å²) in [5.74, 6) is 0.102. The molecule has 1 amide bonds. The predicted molar refractivity (Wildman–Crippen MR) is 101 cm³/mol. The molecule has 0 spiro atoms. The first kappa shape index (κ1) is 17.3. The van der Waals surface area contributed by atoms with Gasteiger partial charge < -0.3 is 9.84 Å². The van der Waals surface area contributed by atoms with E-state index in [9.17, 15) is 9.90 Å². The molecule has 0 bridgehead atoms. The van der Waals surface area contributed by atoms with E-state index in [-0.39, 0.29) is 11.7 Å². The normalized spacial score (nSPS) is 17.6. The maximum atomic E-state index is 12.7. The van der Waals surface area contributed by atoms with Crippen LogP contribution < -0.4 is 0 Å². The van der Waals surface area contributed by atoms with Crippen molar-refractivity contribution in [1.29, 1.82) is 0 Å². The standard InChI is InChI=1S/C19H18N2O3S/c1-24-12-11-21-18(23)17(13-14-7-9-16(22)10-8-14)25-19(21)20-15-5-3-2-4-6-15/h2-10,13,22H,11-12H2,1H3/b17-13+,20-19?. The quantitative estimate of drug-likeness (QED) is 0.833. The number of hydrogen-bond acceptors (Lipinski definition) is 5. The van der Waals surface area contributed by atoms with Gasteiger partial charge in [0.15, 0.2) is 5.17 Å². The van der Waals surface area contributed by atoms with E-state index in [1.54, 1.807) is 42.4 Å². The third-order valence-electron chi connectivity index (χ3n) is 3.58. The summed E-state index contributed by atoms with van der Waals surface area (Å²) < 4.78 is 5.11. The van der Waals surface area contributed by atoms with E-state index in [0.717, 1.165) is 11.3 Å². The first-order chi connectivity index (χ1) is 12.2. The van der Waals surface area contributed by atoms with Crippen LogP contribution in [0.4, 0.5) is 5.69 Å². The van der Waals surface area contributed by atoms with E-state index < -0.39 is 0 Å². The highest BCUT2D eigenvalue weighted by atomic mass is 32.2. The first-order valence-electron chi connectivity index (χ1n) is 7.80. The number of carbonyl (C=O) groups is 1. The lowest BCUT2D eigenvalue weighted by Crippen LogP contribution is -2.32. The first-order valence-corrected chi connectivity index (χ1v) is 8.62. The van der Waals surface area contributed by atoms with Crippen molar-refractivity contribution >= 4 is 34.6 Å². The van der Waals surface area contributed by atoms with Crippen LogP contribution >= 0.6 is 11.8 Å². The molecule has 1 heterocycles. The molecule has 1 aliphatic heterocycles. The average Bonchev–Trinajstić information content (AvgIpc) is 2.91. The molecule has 3 rings (SSSR count). The topological polar surface area (TPSA) is 62.1 Å². The number of para-hydroxylation sites is 1. The van der Waals surface area contributed by atoms with Crippen molar-refractivity contribution in [3.05, 3.63) is 65.1 Å². The zero-order valence-corrected chi connectivity index (χ0v) is 14.6. The van der Waals surface area contributed by atoms with Gasteiger partial charge in [0.2, 0.25) is 0 Å². The molecule has 1 N–H and O–H groups in total. The van der Waals surface area contributed by atoms with Gasteiger partial charge in [-0.1, -0.05) is 30.3 Å². The zero-order valence-electron chi connectivity index (χ0n) is 13.8. The number of amidine groups is 1. The Kier molecular flexibility index (Phi) is 5.53. The number of methoxy groups -OCH3 is 1. The van der Waals surface area contributed by atoms with E-state index in [1.165, 1.54) is 11.8 Å². The third-order valence-corrected chi connectivity index (χ3v) is 4.59. The molecule has 5 nitrogen and oxygen atoms in total. The number of thioether (sulfide) groups is 1. The highest BCUT2D eigenvalue weighted by Gasteiger charge is 2.33. The van der Waals surface area contributed by atoms with Crippen molar-refractivity contribution < 1.29 is 14.6 Å². The molecular weight excluding hydrogens is 336 g/mol. The number of benzene rings is 2. The Balaban J connectivity index is 1.90. The van der Waals surface area contributed by atoms with Crippen LogP contribution in [0.15, 0.2) is 64.5 Å². The average molecular weight is 354 g/mol. The van der Waals surface area contributed by atoms with Gasteiger partial charge >= 0.3 is 0 Å². The van der Waals surface area contributed by atoms with Crippen LogP contribution in [0, 0.1) is 0 Å². The second kappa shape index (κ2) is 8.00. The number of nitrogens with zero attached hydrogens (tertiary/aromatic N) is 2. The number of ether oxygens (including phenoxy) is 1. The molecule has 1 aliphatic rings. The SMILES string of the molecule is COCCN1C(=O)/C(=C\c2ccc(O)cc2)SC1=Nc1ccccc1. The molecule has 25 heavy (non-hydrogen) atoms. The van der Waals surface area contributed by atoms with Gasteiger partial charge in [-0.2, -0.15) is 0 Å². The van der Waals surface area contributed by atoms with E-state index in [1.807, 2.05) is 30.3 Å². The summed E-state index contributed by atoms with van der Waals surface area (Å²) in [6.45, 7) is 0.882. The van der Waals surface area contributed by atoms with E-state index >= 15 is 0 Å². The van der Waals surface area contributed by atoms with Gasteiger partial charge in [-0.25, -0.2) is 4.99 Å². The number of aromatic hydroxyl groups is 1. The summed E-state index contributed by atoms with van der Waals surface area (Å²) in [6, 6.07) is 16.3. The van der Waals surface area contributed by atoms with E-state index in [2.05, 4.69) is 4.99 Å². The van der Waals surface area contributed by atoms with Crippen molar-refractivity contribution in [1.82, 2.24) is 4.90 Å². The van der Waals surface area contributed by atoms with Gasteiger partial charge in [0.25, 0.3) is 5.91 Å². The minimum Gasteiger partial charge on any atom is -0.508 e. The number of amides is 1. The monoisotopic (exact) mass is 354 g/mol. The molecule has 128 valence electrons. The van der Waals surface area contributed by atoms with Gasteiger partial charge in [-0.3, -0.25) is 9.69 Å². The second-order valence-corrected chi connectivity index (χ2v) is 6.39. The fourth-order valence-electron chi connectivity index (χ4n) is 2.31. The van der Waals surface area contributed by atoms with Gasteiger partial charge in [0, 0.05) is 7.11 Å². The summed E-state index contributed by atoms with van der Waals surface area (Å²) in [5.41, 5.74) is 1.65. The zero-order chi connectivity index (χ0) is 17.6. The van der Waals surface area contributed by atoms with Crippen LogP contribution in [0.25, 0.3) is 6.08 Å². The Labute approximate surface area is 150 Å². The minimum atomic E-state index is -0.0928. The molecule has 0 unspecified atom stereocenters. The van der Waals surface area contributed by atoms with Crippen LogP contribution in [0.5, 0.6) is 5.75 Å². The molecule has 0 aliphatic carbocycles. The van der Waals surface area contributed by atoms with Crippen LogP contribution in [-0.4, -0.2) is 41.3 Å². The van der Waals surface area contributed by atoms with Crippen LogP contribution in [-0.2, 0) is 9.53 Å². The predicted octanol–water partition coefficient (Wildman–Crippen LogP) is 3.64. The smallest absolute Gasteiger partial charge is 0.266 e. The van der Waals surface area contributed by atoms with Crippen molar-refractivity contribution in [2.24, 2.45) is 4.99 Å². The van der Waals surface area contributed by atoms with Gasteiger partial charge in [-0.05, 0) is 47.7 Å². The molecule has 6 heteroatoms. The molecular formula is C19H18N2O3S. The Hall–Kier alpha value is -2.57. The fraction of sp³-hybridized carbons (Fsp3) is 0.158. The van der Waals surface area contributed by atoms with Gasteiger partial charge in [-0.15, -0.1) is 0 Å². The lowest BCUT2D eigenvalue weighted by Gasteiger charge is -2.14. The van der Waals surface area contributed by atoms with E-state index in [4.69, 9.17) is 4.74 Å². The molecule has 0 radical (unpaired) electrons. The number of aliphatic imine (C=N–C) groups is 1. The second-order valence-electron chi connectivity index (χ2n) is 5.38. The molecule has 0 aromatic heterocycles. The lowest BCUT2D eigenvalue weighted by molar-refractivity contribution is -0.122. The Morgan fingerprint density at radius 3 is 2.56 bits per heavy atom. The molecule has 1 fully saturated rings. The van der Waals surface area contributed by atoms with Crippen molar-refractivity contribution in [2.45, 2.75) is 0 Å². The Morgan fingerprint density at radius 2 is 1.88 bits per heavy atom. The Bertz CT molecular complexity index is 801. The van der Waals surface area contributed by atoms with Crippen LogP contribution in [0.2, 0.25) is 0 Å². The number of carbonyl (C=O) groups excluding carboxylic acids is 1. The molecule has 0 atom stereocenters. The number of phenols is 1. The molecule has 0 saturated carbocycles.